The van der Waals surface area contributed by atoms with Crippen molar-refractivity contribution in [1.82, 2.24) is 4.90 Å². The number of hydrogen-bond donors (Lipinski definition) is 2. The van der Waals surface area contributed by atoms with Gasteiger partial charge in [-0.1, -0.05) is 62.4 Å². The van der Waals surface area contributed by atoms with E-state index >= 15 is 0 Å². The van der Waals surface area contributed by atoms with Crippen LogP contribution >= 0.6 is 0 Å². The minimum absolute atomic E-state index is 0.119. The van der Waals surface area contributed by atoms with E-state index in [-0.39, 0.29) is 24.1 Å². The van der Waals surface area contributed by atoms with Crippen molar-refractivity contribution in [1.29, 1.82) is 0 Å². The van der Waals surface area contributed by atoms with Gasteiger partial charge in [-0.3, -0.25) is 14.5 Å². The van der Waals surface area contributed by atoms with Crippen molar-refractivity contribution in [2.45, 2.75) is 32.5 Å². The van der Waals surface area contributed by atoms with Gasteiger partial charge in [0.2, 0.25) is 5.91 Å². The topological polar surface area (TPSA) is 87.7 Å². The van der Waals surface area contributed by atoms with Crippen LogP contribution in [0.2, 0.25) is 0 Å². The Kier molecular flexibility index (Phi) is 7.10. The first-order chi connectivity index (χ1) is 16.8. The zero-order valence-corrected chi connectivity index (χ0v) is 19.4. The summed E-state index contributed by atoms with van der Waals surface area (Å²) in [6, 6.07) is 20.6. The average Bonchev–Trinajstić information content (AvgIpc) is 3.16. The summed E-state index contributed by atoms with van der Waals surface area (Å²) in [6.45, 7) is 3.76. The molecule has 0 spiro atoms. The maximum absolute atomic E-state index is 13.7. The van der Waals surface area contributed by atoms with Crippen molar-refractivity contribution >= 4 is 29.3 Å². The van der Waals surface area contributed by atoms with Crippen LogP contribution in [0.1, 0.15) is 31.1 Å². The number of carbonyl (C=O) groups excluding carboxylic acids is 3. The molecule has 4 rings (SSSR count). The lowest BCUT2D eigenvalue weighted by molar-refractivity contribution is -0.121. The van der Waals surface area contributed by atoms with Crippen LogP contribution in [0.4, 0.5) is 20.6 Å². The number of ether oxygens (including phenoxy) is 1. The maximum Gasteiger partial charge on any atom is 0.411 e. The first-order valence-electron chi connectivity index (χ1n) is 11.3. The molecule has 3 aromatic carbocycles. The van der Waals surface area contributed by atoms with E-state index in [4.69, 9.17) is 4.74 Å². The molecule has 0 bridgehead atoms. The van der Waals surface area contributed by atoms with E-state index in [1.165, 1.54) is 23.1 Å². The molecule has 0 aliphatic carbocycles. The van der Waals surface area contributed by atoms with E-state index in [0.717, 1.165) is 5.56 Å². The predicted molar refractivity (Wildman–Crippen MR) is 130 cm³/mol. The normalized spacial score (nSPS) is 17.3. The zero-order chi connectivity index (χ0) is 24.9. The molecular weight excluding hydrogens is 449 g/mol. The second-order valence-electron chi connectivity index (χ2n) is 8.63. The van der Waals surface area contributed by atoms with Gasteiger partial charge in [0.1, 0.15) is 5.82 Å². The van der Waals surface area contributed by atoms with Crippen LogP contribution in [0.25, 0.3) is 0 Å². The Morgan fingerprint density at radius 3 is 2.31 bits per heavy atom. The van der Waals surface area contributed by atoms with Crippen molar-refractivity contribution in [3.8, 4) is 0 Å². The Morgan fingerprint density at radius 1 is 0.943 bits per heavy atom. The van der Waals surface area contributed by atoms with E-state index in [1.807, 2.05) is 30.3 Å². The lowest BCUT2D eigenvalue weighted by Crippen LogP contribution is -2.43. The molecule has 0 radical (unpaired) electrons. The molecule has 3 amide bonds. The molecule has 1 fully saturated rings. The fourth-order valence-corrected chi connectivity index (χ4v) is 3.82. The fourth-order valence-electron chi connectivity index (χ4n) is 3.82. The molecule has 35 heavy (non-hydrogen) atoms. The Morgan fingerprint density at radius 2 is 1.66 bits per heavy atom. The molecule has 1 heterocycles. The van der Waals surface area contributed by atoms with Gasteiger partial charge in [0.25, 0.3) is 5.91 Å². The van der Waals surface area contributed by atoms with Crippen LogP contribution in [-0.2, 0) is 20.9 Å². The number of rotatable bonds is 7. The third-order valence-electron chi connectivity index (χ3n) is 5.67. The molecule has 3 aromatic rings. The van der Waals surface area contributed by atoms with Crippen LogP contribution in [0.5, 0.6) is 0 Å². The van der Waals surface area contributed by atoms with Gasteiger partial charge < -0.3 is 15.4 Å². The van der Waals surface area contributed by atoms with Gasteiger partial charge in [-0.05, 0) is 41.5 Å². The molecule has 1 aliphatic rings. The molecule has 7 nitrogen and oxygen atoms in total. The lowest BCUT2D eigenvalue weighted by atomic mass is 10.00. The van der Waals surface area contributed by atoms with E-state index in [9.17, 15) is 18.8 Å². The Labute approximate surface area is 202 Å². The van der Waals surface area contributed by atoms with Gasteiger partial charge in [-0.25, -0.2) is 9.18 Å². The van der Waals surface area contributed by atoms with Gasteiger partial charge in [-0.15, -0.1) is 0 Å². The smallest absolute Gasteiger partial charge is 0.411 e. The van der Waals surface area contributed by atoms with Crippen LogP contribution in [0.3, 0.4) is 0 Å². The van der Waals surface area contributed by atoms with Crippen LogP contribution in [-0.4, -0.2) is 28.8 Å². The molecule has 0 aromatic heterocycles. The molecule has 2 N–H and O–H groups in total. The highest BCUT2D eigenvalue weighted by Crippen LogP contribution is 2.35. The monoisotopic (exact) mass is 475 g/mol. The summed E-state index contributed by atoms with van der Waals surface area (Å²) in [4.78, 5) is 39.6. The quantitative estimate of drug-likeness (QED) is 0.497. The van der Waals surface area contributed by atoms with Gasteiger partial charge in [0, 0.05) is 17.3 Å². The summed E-state index contributed by atoms with van der Waals surface area (Å²) in [7, 11) is 0. The predicted octanol–water partition coefficient (Wildman–Crippen LogP) is 5.12. The summed E-state index contributed by atoms with van der Waals surface area (Å²) in [5.74, 6) is -1.28. The molecule has 8 heteroatoms. The van der Waals surface area contributed by atoms with Crippen LogP contribution < -0.4 is 10.6 Å². The molecule has 1 saturated heterocycles. The zero-order valence-electron chi connectivity index (χ0n) is 19.4. The van der Waals surface area contributed by atoms with Gasteiger partial charge >= 0.3 is 6.09 Å². The number of halogens is 1. The molecule has 1 aliphatic heterocycles. The van der Waals surface area contributed by atoms with Gasteiger partial charge in [0.15, 0.2) is 12.1 Å². The first kappa shape index (κ1) is 23.9. The van der Waals surface area contributed by atoms with E-state index in [2.05, 4.69) is 10.6 Å². The van der Waals surface area contributed by atoms with Crippen molar-refractivity contribution in [3.05, 3.63) is 95.8 Å². The molecule has 0 saturated carbocycles. The number of hydrogen-bond acceptors (Lipinski definition) is 4. The van der Waals surface area contributed by atoms with E-state index in [0.29, 0.717) is 11.3 Å². The van der Waals surface area contributed by atoms with Crippen LogP contribution in [0, 0.1) is 11.7 Å². The number of benzene rings is 3. The molecule has 2 atom stereocenters. The number of amides is 3. The first-order valence-corrected chi connectivity index (χ1v) is 11.3. The second-order valence-corrected chi connectivity index (χ2v) is 8.63. The lowest BCUT2D eigenvalue weighted by Gasteiger charge is -2.24. The van der Waals surface area contributed by atoms with Crippen molar-refractivity contribution < 1.29 is 23.5 Å². The highest BCUT2D eigenvalue weighted by Gasteiger charge is 2.47. The Hall–Kier alpha value is -4.20. The highest BCUT2D eigenvalue weighted by molar-refractivity contribution is 5.98. The van der Waals surface area contributed by atoms with Gasteiger partial charge in [0.05, 0.1) is 6.54 Å². The van der Waals surface area contributed by atoms with Crippen molar-refractivity contribution in [2.75, 3.05) is 10.6 Å². The largest absolute Gasteiger partial charge is 0.438 e. The molecule has 180 valence electrons. The summed E-state index contributed by atoms with van der Waals surface area (Å²) in [5.41, 5.74) is 2.30. The number of cyclic esters (lactones) is 1. The summed E-state index contributed by atoms with van der Waals surface area (Å²) >= 11 is 0. The minimum Gasteiger partial charge on any atom is -0.438 e. The van der Waals surface area contributed by atoms with E-state index < -0.39 is 30.0 Å². The second kappa shape index (κ2) is 10.4. The number of nitrogens with zero attached hydrogens (tertiary/aromatic N) is 1. The standard InChI is InChI=1S/C27H26FN3O4/c1-17(2)25(32)29-21-13-11-19(12-14-21)24-23(26(33)30-22-10-6-9-20(28)15-22)31(27(34)35-24)16-18-7-4-3-5-8-18/h3-15,17,23-24H,16H2,1-2H3,(H,29,32)(H,30,33)/t23-,24-/m1/s1. The number of anilines is 2. The number of carbonyl (C=O) groups is 3. The average molecular weight is 476 g/mol. The third kappa shape index (κ3) is 5.66. The summed E-state index contributed by atoms with van der Waals surface area (Å²) < 4.78 is 19.3. The van der Waals surface area contributed by atoms with E-state index in [1.54, 1.807) is 44.2 Å². The maximum atomic E-state index is 13.7. The summed E-state index contributed by atoms with van der Waals surface area (Å²) in [5, 5.41) is 5.51. The Balaban J connectivity index is 1.62. The van der Waals surface area contributed by atoms with Gasteiger partial charge in [-0.2, -0.15) is 0 Å². The third-order valence-corrected chi connectivity index (χ3v) is 5.67. The molecule has 0 unspecified atom stereocenters. The minimum atomic E-state index is -0.998. The number of nitrogens with one attached hydrogen (secondary N) is 2. The Bertz CT molecular complexity index is 1210. The van der Waals surface area contributed by atoms with Crippen molar-refractivity contribution in [3.63, 3.8) is 0 Å². The summed E-state index contributed by atoms with van der Waals surface area (Å²) in [6.07, 6.45) is -1.52. The van der Waals surface area contributed by atoms with Crippen LogP contribution in [0.15, 0.2) is 78.9 Å². The van der Waals surface area contributed by atoms with Crippen molar-refractivity contribution in [2.24, 2.45) is 5.92 Å². The fraction of sp³-hybridized carbons (Fsp3) is 0.222. The highest BCUT2D eigenvalue weighted by atomic mass is 19.1. The SMILES string of the molecule is CC(C)C(=O)Nc1ccc([C@H]2OC(=O)N(Cc3ccccc3)[C@H]2C(=O)Nc2cccc(F)c2)cc1. The molecular formula is C27H26FN3O4.